The van der Waals surface area contributed by atoms with Gasteiger partial charge in [-0.1, -0.05) is 24.3 Å². The molecule has 1 aliphatic rings. The van der Waals surface area contributed by atoms with Gasteiger partial charge in [-0.05, 0) is 37.1 Å². The van der Waals surface area contributed by atoms with Gasteiger partial charge in [0.1, 0.15) is 7.05 Å². The molecule has 0 aliphatic carbocycles. The number of hydrogen-bond donors (Lipinski definition) is 0. The molecule has 0 unspecified atom stereocenters. The Morgan fingerprint density at radius 3 is 2.00 bits per heavy atom. The molecular formula is C20H25N2O+. The van der Waals surface area contributed by atoms with Crippen molar-refractivity contribution >= 4 is 17.8 Å². The lowest BCUT2D eigenvalue weighted by Crippen LogP contribution is -2.45. The van der Waals surface area contributed by atoms with E-state index in [1.54, 1.807) is 0 Å². The van der Waals surface area contributed by atoms with Crippen molar-refractivity contribution in [2.45, 2.75) is 26.1 Å². The van der Waals surface area contributed by atoms with E-state index in [1.807, 2.05) is 11.6 Å². The maximum absolute atomic E-state index is 5.80. The van der Waals surface area contributed by atoms with Crippen molar-refractivity contribution in [2.75, 3.05) is 18.0 Å². The lowest BCUT2D eigenvalue weighted by Gasteiger charge is -2.36. The van der Waals surface area contributed by atoms with Gasteiger partial charge in [-0.3, -0.25) is 0 Å². The van der Waals surface area contributed by atoms with Crippen molar-refractivity contribution in [2.24, 2.45) is 7.05 Å². The molecule has 1 aromatic carbocycles. The van der Waals surface area contributed by atoms with Crippen LogP contribution in [0.15, 0.2) is 48.8 Å². The number of rotatable bonds is 3. The molecule has 2 aromatic rings. The van der Waals surface area contributed by atoms with Gasteiger partial charge in [-0.15, -0.1) is 0 Å². The average Bonchev–Trinajstić information content (AvgIpc) is 2.54. The fourth-order valence-electron chi connectivity index (χ4n) is 3.00. The minimum absolute atomic E-state index is 0.290. The molecule has 0 saturated carbocycles. The van der Waals surface area contributed by atoms with Crippen LogP contribution in [0.2, 0.25) is 0 Å². The van der Waals surface area contributed by atoms with Gasteiger partial charge in [-0.2, -0.15) is 0 Å². The summed E-state index contributed by atoms with van der Waals surface area (Å²) in [6, 6.07) is 13.0. The number of ether oxygens (including phenoxy) is 1. The molecule has 1 fully saturated rings. The highest BCUT2D eigenvalue weighted by Crippen LogP contribution is 2.21. The second-order valence-electron chi connectivity index (χ2n) is 6.38. The Bertz CT molecular complexity index is 651. The van der Waals surface area contributed by atoms with E-state index in [4.69, 9.17) is 4.74 Å². The predicted octanol–water partition coefficient (Wildman–Crippen LogP) is 3.30. The Morgan fingerprint density at radius 1 is 0.913 bits per heavy atom. The van der Waals surface area contributed by atoms with Crippen LogP contribution in [0.4, 0.5) is 5.69 Å². The zero-order valence-corrected chi connectivity index (χ0v) is 14.1. The van der Waals surface area contributed by atoms with Crippen LogP contribution in [-0.4, -0.2) is 25.3 Å². The summed E-state index contributed by atoms with van der Waals surface area (Å²) >= 11 is 0. The largest absolute Gasteiger partial charge is 0.372 e. The quantitative estimate of drug-likeness (QED) is 0.809. The topological polar surface area (TPSA) is 16.4 Å². The number of hydrogen-bond acceptors (Lipinski definition) is 2. The first-order chi connectivity index (χ1) is 11.1. The second-order valence-corrected chi connectivity index (χ2v) is 6.38. The SMILES string of the molecule is C[C@@H]1CN(c2ccc(/C=C/c3cc[n+](C)cc3)cc2)C[C@H](C)O1. The summed E-state index contributed by atoms with van der Waals surface area (Å²) in [4.78, 5) is 2.41. The number of aromatic nitrogens is 1. The Labute approximate surface area is 138 Å². The summed E-state index contributed by atoms with van der Waals surface area (Å²) in [6.45, 7) is 6.19. The fraction of sp³-hybridized carbons (Fsp3) is 0.350. The van der Waals surface area contributed by atoms with E-state index < -0.39 is 0 Å². The van der Waals surface area contributed by atoms with Crippen LogP contribution < -0.4 is 9.47 Å². The number of aryl methyl sites for hydroxylation is 1. The number of nitrogens with zero attached hydrogens (tertiary/aromatic N) is 2. The number of morpholine rings is 1. The van der Waals surface area contributed by atoms with E-state index in [0.29, 0.717) is 0 Å². The van der Waals surface area contributed by atoms with E-state index in [9.17, 15) is 0 Å². The van der Waals surface area contributed by atoms with Crippen molar-refractivity contribution in [3.8, 4) is 0 Å². The maximum atomic E-state index is 5.80. The summed E-state index contributed by atoms with van der Waals surface area (Å²) < 4.78 is 7.84. The molecular weight excluding hydrogens is 284 g/mol. The molecule has 23 heavy (non-hydrogen) atoms. The third kappa shape index (κ3) is 4.20. The molecule has 0 N–H and O–H groups in total. The molecule has 0 radical (unpaired) electrons. The molecule has 3 rings (SSSR count). The standard InChI is InChI=1S/C20H25N2O/c1-16-14-22(15-17(2)23-16)20-8-6-18(7-9-20)4-5-19-10-12-21(3)13-11-19/h4-13,16-17H,14-15H2,1-3H3/q+1/t16-,17+. The minimum Gasteiger partial charge on any atom is -0.372 e. The smallest absolute Gasteiger partial charge is 0.169 e. The molecule has 3 nitrogen and oxygen atoms in total. The molecule has 1 aromatic heterocycles. The van der Waals surface area contributed by atoms with Crippen LogP contribution in [0.25, 0.3) is 12.2 Å². The van der Waals surface area contributed by atoms with Gasteiger partial charge in [0.05, 0.1) is 12.2 Å². The van der Waals surface area contributed by atoms with Gasteiger partial charge in [0.2, 0.25) is 0 Å². The highest BCUT2D eigenvalue weighted by atomic mass is 16.5. The summed E-state index contributed by atoms with van der Waals surface area (Å²) in [5.41, 5.74) is 3.70. The molecule has 3 heteroatoms. The maximum Gasteiger partial charge on any atom is 0.169 e. The minimum atomic E-state index is 0.290. The van der Waals surface area contributed by atoms with Gasteiger partial charge < -0.3 is 9.64 Å². The Hall–Kier alpha value is -2.13. The highest BCUT2D eigenvalue weighted by Gasteiger charge is 2.22. The summed E-state index contributed by atoms with van der Waals surface area (Å²) in [5.74, 6) is 0. The molecule has 0 spiro atoms. The van der Waals surface area contributed by atoms with Crippen molar-refractivity contribution in [3.63, 3.8) is 0 Å². The van der Waals surface area contributed by atoms with Crippen molar-refractivity contribution in [1.29, 1.82) is 0 Å². The van der Waals surface area contributed by atoms with E-state index >= 15 is 0 Å². The Morgan fingerprint density at radius 2 is 1.43 bits per heavy atom. The van der Waals surface area contributed by atoms with Gasteiger partial charge in [-0.25, -0.2) is 4.57 Å². The van der Waals surface area contributed by atoms with E-state index in [2.05, 4.69) is 79.7 Å². The van der Waals surface area contributed by atoms with E-state index in [0.717, 1.165) is 13.1 Å². The molecule has 2 heterocycles. The number of benzene rings is 1. The molecule has 2 atom stereocenters. The number of pyridine rings is 1. The summed E-state index contributed by atoms with van der Waals surface area (Å²) in [6.07, 6.45) is 9.00. The monoisotopic (exact) mass is 309 g/mol. The van der Waals surface area contributed by atoms with Crippen LogP contribution in [0.5, 0.6) is 0 Å². The first-order valence-electron chi connectivity index (χ1n) is 8.24. The third-order valence-electron chi connectivity index (χ3n) is 4.15. The Balaban J connectivity index is 1.68. The Kier molecular flexibility index (Phi) is 4.77. The van der Waals surface area contributed by atoms with Crippen molar-refractivity contribution in [3.05, 3.63) is 59.9 Å². The van der Waals surface area contributed by atoms with E-state index in [-0.39, 0.29) is 12.2 Å². The van der Waals surface area contributed by atoms with Gasteiger partial charge in [0, 0.05) is 30.9 Å². The van der Waals surface area contributed by atoms with Gasteiger partial charge in [0.15, 0.2) is 12.4 Å². The molecule has 1 aliphatic heterocycles. The molecule has 1 saturated heterocycles. The normalized spacial score (nSPS) is 21.8. The average molecular weight is 309 g/mol. The first kappa shape index (κ1) is 15.8. The predicted molar refractivity (Wildman–Crippen MR) is 95.2 cm³/mol. The van der Waals surface area contributed by atoms with Crippen LogP contribution >= 0.6 is 0 Å². The zero-order chi connectivity index (χ0) is 16.2. The van der Waals surface area contributed by atoms with Crippen LogP contribution in [0, 0.1) is 0 Å². The second kappa shape index (κ2) is 6.97. The van der Waals surface area contributed by atoms with Crippen LogP contribution in [-0.2, 0) is 11.8 Å². The first-order valence-corrected chi connectivity index (χ1v) is 8.24. The molecule has 120 valence electrons. The van der Waals surface area contributed by atoms with Crippen molar-refractivity contribution < 1.29 is 9.30 Å². The van der Waals surface area contributed by atoms with Gasteiger partial charge >= 0.3 is 0 Å². The van der Waals surface area contributed by atoms with Crippen LogP contribution in [0.1, 0.15) is 25.0 Å². The third-order valence-corrected chi connectivity index (χ3v) is 4.15. The van der Waals surface area contributed by atoms with Gasteiger partial charge in [0.25, 0.3) is 0 Å². The van der Waals surface area contributed by atoms with Crippen molar-refractivity contribution in [1.82, 2.24) is 0 Å². The van der Waals surface area contributed by atoms with E-state index in [1.165, 1.54) is 16.8 Å². The highest BCUT2D eigenvalue weighted by molar-refractivity contribution is 5.70. The number of anilines is 1. The summed E-state index contributed by atoms with van der Waals surface area (Å²) in [5, 5.41) is 0. The summed E-state index contributed by atoms with van der Waals surface area (Å²) in [7, 11) is 2.03. The lowest BCUT2D eigenvalue weighted by atomic mass is 10.1. The van der Waals surface area contributed by atoms with Crippen LogP contribution in [0.3, 0.4) is 0 Å². The zero-order valence-electron chi connectivity index (χ0n) is 14.1. The molecule has 0 amide bonds. The fourth-order valence-corrected chi connectivity index (χ4v) is 3.00. The lowest BCUT2D eigenvalue weighted by molar-refractivity contribution is -0.671. The molecule has 0 bridgehead atoms.